The number of hydrogen-bond acceptors (Lipinski definition) is 5. The Labute approximate surface area is 180 Å². The van der Waals surface area contributed by atoms with Gasteiger partial charge >= 0.3 is 5.97 Å². The zero-order chi connectivity index (χ0) is 21.4. The van der Waals surface area contributed by atoms with Crippen LogP contribution in [0.2, 0.25) is 5.02 Å². The summed E-state index contributed by atoms with van der Waals surface area (Å²) in [6.07, 6.45) is -0.331. The van der Waals surface area contributed by atoms with E-state index < -0.39 is 16.8 Å². The monoisotopic (exact) mass is 423 g/mol. The maximum atomic E-state index is 13.0. The van der Waals surface area contributed by atoms with Gasteiger partial charge in [0.1, 0.15) is 23.0 Å². The smallest absolute Gasteiger partial charge is 0.323 e. The number of carbonyl (C=O) groups is 1. The summed E-state index contributed by atoms with van der Waals surface area (Å²) in [5.74, 6) is 1.45. The Morgan fingerprint density at radius 2 is 1.53 bits per heavy atom. The minimum absolute atomic E-state index is 0.183. The van der Waals surface area contributed by atoms with Crippen LogP contribution in [-0.2, 0) is 4.79 Å². The van der Waals surface area contributed by atoms with Gasteiger partial charge in [-0.3, -0.25) is 4.79 Å². The molecule has 1 heterocycles. The molecule has 1 aliphatic carbocycles. The first-order chi connectivity index (χ1) is 14.3. The second kappa shape index (κ2) is 7.65. The summed E-state index contributed by atoms with van der Waals surface area (Å²) < 4.78 is 17.4. The summed E-state index contributed by atoms with van der Waals surface area (Å²) in [6.45, 7) is 5.81. The van der Waals surface area contributed by atoms with Gasteiger partial charge < -0.3 is 14.2 Å². The quantitative estimate of drug-likeness (QED) is 0.460. The zero-order valence-corrected chi connectivity index (χ0v) is 17.7. The first-order valence-corrected chi connectivity index (χ1v) is 10.0. The fraction of sp³-hybridized carbons (Fsp3) is 0.250. The van der Waals surface area contributed by atoms with E-state index in [0.717, 1.165) is 0 Å². The number of rotatable bonds is 6. The molecule has 0 aliphatic heterocycles. The number of ether oxygens (including phenoxy) is 3. The van der Waals surface area contributed by atoms with Crippen molar-refractivity contribution in [2.45, 2.75) is 26.9 Å². The first-order valence-electron chi connectivity index (χ1n) is 9.65. The number of halogens is 1. The summed E-state index contributed by atoms with van der Waals surface area (Å²) in [5, 5.41) is 0.628. The van der Waals surface area contributed by atoms with Gasteiger partial charge in [0.25, 0.3) is 0 Å². The molecule has 1 aromatic heterocycles. The van der Waals surface area contributed by atoms with Crippen LogP contribution in [-0.4, -0.2) is 17.1 Å². The summed E-state index contributed by atoms with van der Waals surface area (Å²) in [6, 6.07) is 21.4. The van der Waals surface area contributed by atoms with E-state index in [4.69, 9.17) is 25.8 Å². The molecule has 2 atom stereocenters. The molecular formula is C24H22ClNO4. The molecule has 154 valence electrons. The van der Waals surface area contributed by atoms with Crippen LogP contribution < -0.4 is 14.2 Å². The molecule has 0 bridgehead atoms. The average molecular weight is 424 g/mol. The van der Waals surface area contributed by atoms with E-state index >= 15 is 0 Å². The molecular weight excluding hydrogens is 402 g/mol. The molecule has 4 rings (SSSR count). The van der Waals surface area contributed by atoms with Crippen LogP contribution in [0.15, 0.2) is 72.8 Å². The first kappa shape index (κ1) is 20.2. The van der Waals surface area contributed by atoms with Gasteiger partial charge in [-0.15, -0.1) is 0 Å². The number of hydrogen-bond donors (Lipinski definition) is 0. The highest BCUT2D eigenvalue weighted by Gasteiger charge is 2.76. The molecule has 2 unspecified atom stereocenters. The van der Waals surface area contributed by atoms with E-state index in [2.05, 4.69) is 4.98 Å². The van der Waals surface area contributed by atoms with Gasteiger partial charge in [-0.05, 0) is 43.3 Å². The van der Waals surface area contributed by atoms with E-state index in [1.165, 1.54) is 0 Å². The van der Waals surface area contributed by atoms with Crippen molar-refractivity contribution in [1.82, 2.24) is 4.98 Å². The van der Waals surface area contributed by atoms with Crippen molar-refractivity contribution >= 4 is 17.6 Å². The maximum absolute atomic E-state index is 13.0. The van der Waals surface area contributed by atoms with Crippen molar-refractivity contribution in [2.75, 3.05) is 0 Å². The molecule has 0 N–H and O–H groups in total. The van der Waals surface area contributed by atoms with Gasteiger partial charge in [-0.1, -0.05) is 49.7 Å². The van der Waals surface area contributed by atoms with Gasteiger partial charge in [0.15, 0.2) is 0 Å². The molecule has 1 aliphatic rings. The van der Waals surface area contributed by atoms with Crippen LogP contribution >= 0.6 is 11.6 Å². The molecule has 1 fully saturated rings. The summed E-state index contributed by atoms with van der Waals surface area (Å²) in [7, 11) is 0. The fourth-order valence-corrected chi connectivity index (χ4v) is 3.66. The predicted molar refractivity (Wildman–Crippen MR) is 114 cm³/mol. The third kappa shape index (κ3) is 3.73. The molecule has 30 heavy (non-hydrogen) atoms. The minimum Gasteiger partial charge on any atom is -0.489 e. The van der Waals surface area contributed by atoms with Crippen molar-refractivity contribution in [3.05, 3.63) is 77.8 Å². The number of para-hydroxylation sites is 1. The number of carbonyl (C=O) groups excluding carboxylic acids is 1. The van der Waals surface area contributed by atoms with Crippen LogP contribution in [0.4, 0.5) is 0 Å². The van der Waals surface area contributed by atoms with Gasteiger partial charge in [0.2, 0.25) is 11.8 Å². The lowest BCUT2D eigenvalue weighted by molar-refractivity contribution is -0.142. The lowest BCUT2D eigenvalue weighted by Gasteiger charge is -2.13. The maximum Gasteiger partial charge on any atom is 0.323 e. The molecule has 1 saturated carbocycles. The number of esters is 1. The molecule has 6 heteroatoms. The van der Waals surface area contributed by atoms with E-state index in [9.17, 15) is 4.79 Å². The second-order valence-electron chi connectivity index (χ2n) is 7.99. The van der Waals surface area contributed by atoms with Crippen LogP contribution in [0.5, 0.6) is 23.3 Å². The Morgan fingerprint density at radius 1 is 0.867 bits per heavy atom. The Balaban J connectivity index is 1.46. The topological polar surface area (TPSA) is 57.7 Å². The van der Waals surface area contributed by atoms with E-state index in [1.807, 2.05) is 51.1 Å². The number of aromatic nitrogens is 1. The number of pyridine rings is 1. The molecule has 0 saturated heterocycles. The number of nitrogens with zero attached hydrogens (tertiary/aromatic N) is 1. The third-order valence-electron chi connectivity index (χ3n) is 5.79. The van der Waals surface area contributed by atoms with Crippen molar-refractivity contribution in [3.63, 3.8) is 0 Å². The van der Waals surface area contributed by atoms with Crippen LogP contribution in [0.1, 0.15) is 20.8 Å². The van der Waals surface area contributed by atoms with Crippen LogP contribution in [0.25, 0.3) is 0 Å². The van der Waals surface area contributed by atoms with Crippen molar-refractivity contribution in [3.8, 4) is 23.3 Å². The Kier molecular flexibility index (Phi) is 5.16. The molecule has 3 aromatic rings. The highest BCUT2D eigenvalue weighted by molar-refractivity contribution is 6.30. The second-order valence-corrected chi connectivity index (χ2v) is 8.43. The zero-order valence-electron chi connectivity index (χ0n) is 17.0. The third-order valence-corrected chi connectivity index (χ3v) is 6.04. The fourth-order valence-electron chi connectivity index (χ4n) is 3.53. The van der Waals surface area contributed by atoms with Crippen LogP contribution in [0, 0.1) is 10.8 Å². The molecule has 2 aromatic carbocycles. The average Bonchev–Trinajstić information content (AvgIpc) is 3.17. The van der Waals surface area contributed by atoms with Crippen molar-refractivity contribution in [1.29, 1.82) is 0 Å². The van der Waals surface area contributed by atoms with Gasteiger partial charge in [0, 0.05) is 22.6 Å². The molecule has 0 spiro atoms. The minimum atomic E-state index is -0.815. The largest absolute Gasteiger partial charge is 0.489 e. The van der Waals surface area contributed by atoms with E-state index in [-0.39, 0.29) is 12.0 Å². The SMILES string of the molecule is CC1(C)C(Oc2ccc(Cl)cc2)C1(C)C(=O)Oc1cccc(Oc2ccccc2)n1. The molecule has 0 radical (unpaired) electrons. The van der Waals surface area contributed by atoms with Gasteiger partial charge in [0.05, 0.1) is 0 Å². The molecule has 0 amide bonds. The lowest BCUT2D eigenvalue weighted by atomic mass is 9.99. The van der Waals surface area contributed by atoms with E-state index in [0.29, 0.717) is 22.4 Å². The normalized spacial score (nSPS) is 21.5. The summed E-state index contributed by atoms with van der Waals surface area (Å²) in [5.41, 5.74) is -1.22. The summed E-state index contributed by atoms with van der Waals surface area (Å²) >= 11 is 5.93. The van der Waals surface area contributed by atoms with E-state index in [1.54, 1.807) is 42.5 Å². The van der Waals surface area contributed by atoms with Gasteiger partial charge in [-0.25, -0.2) is 0 Å². The lowest BCUT2D eigenvalue weighted by Crippen LogP contribution is -2.26. The Hall–Kier alpha value is -3.05. The molecule has 5 nitrogen and oxygen atoms in total. The highest BCUT2D eigenvalue weighted by Crippen LogP contribution is 2.65. The van der Waals surface area contributed by atoms with Crippen molar-refractivity contribution in [2.24, 2.45) is 10.8 Å². The standard InChI is InChI=1S/C24H22ClNO4/c1-23(2)21(29-18-14-12-16(25)13-15-18)24(23,3)22(27)30-20-11-7-10-19(26-20)28-17-8-5-4-6-9-17/h4-15,21H,1-3H3. The Bertz CT molecular complexity index is 1050. The van der Waals surface area contributed by atoms with Crippen LogP contribution in [0.3, 0.4) is 0 Å². The predicted octanol–water partition coefficient (Wildman–Crippen LogP) is 5.93. The van der Waals surface area contributed by atoms with Gasteiger partial charge in [-0.2, -0.15) is 4.98 Å². The highest BCUT2D eigenvalue weighted by atomic mass is 35.5. The Morgan fingerprint density at radius 3 is 2.23 bits per heavy atom. The summed E-state index contributed by atoms with van der Waals surface area (Å²) in [4.78, 5) is 17.3. The van der Waals surface area contributed by atoms with Crippen molar-refractivity contribution < 1.29 is 19.0 Å². The number of benzene rings is 2.